The summed E-state index contributed by atoms with van der Waals surface area (Å²) in [4.78, 5) is 23.2. The topological polar surface area (TPSA) is 73.1 Å². The number of carbonyl (C=O) groups excluding carboxylic acids is 1. The summed E-state index contributed by atoms with van der Waals surface area (Å²) in [5, 5.41) is 8.80. The van der Waals surface area contributed by atoms with Crippen molar-refractivity contribution in [2.24, 2.45) is 0 Å². The maximum absolute atomic E-state index is 12.4. The minimum atomic E-state index is -3.20. The third-order valence-electron chi connectivity index (χ3n) is 1.57. The van der Waals surface area contributed by atoms with Gasteiger partial charge in [0.05, 0.1) is 9.95 Å². The molecule has 0 spiro atoms. The molecular weight excluding hydrogens is 269 g/mol. The molecule has 0 atom stereocenters. The molecule has 0 amide bonds. The fourth-order valence-electron chi connectivity index (χ4n) is 0.938. The summed E-state index contributed by atoms with van der Waals surface area (Å²) in [5.41, 5.74) is -2.73. The first-order chi connectivity index (χ1) is 7.34. The van der Waals surface area contributed by atoms with Crippen molar-refractivity contribution in [1.82, 2.24) is 4.98 Å². The summed E-state index contributed by atoms with van der Waals surface area (Å²) in [5.74, 6) is 0. The molecular formula is C7H2Cl2F2N2O3. The van der Waals surface area contributed by atoms with E-state index in [4.69, 9.17) is 23.2 Å². The molecule has 1 aromatic heterocycles. The van der Waals surface area contributed by atoms with Crippen molar-refractivity contribution in [3.8, 4) is 0 Å². The minimum Gasteiger partial charge on any atom is -0.274 e. The van der Waals surface area contributed by atoms with Crippen molar-refractivity contribution in [2.75, 3.05) is 0 Å². The molecule has 16 heavy (non-hydrogen) atoms. The Bertz CT molecular complexity index is 467. The van der Waals surface area contributed by atoms with E-state index in [2.05, 4.69) is 4.98 Å². The van der Waals surface area contributed by atoms with Gasteiger partial charge in [0.1, 0.15) is 5.69 Å². The molecule has 86 valence electrons. The van der Waals surface area contributed by atoms with Crippen LogP contribution in [0.1, 0.15) is 22.6 Å². The maximum atomic E-state index is 12.4. The van der Waals surface area contributed by atoms with E-state index in [-0.39, 0.29) is 0 Å². The van der Waals surface area contributed by atoms with Crippen LogP contribution in [0.2, 0.25) is 5.02 Å². The van der Waals surface area contributed by atoms with Crippen molar-refractivity contribution in [3.05, 3.63) is 32.6 Å². The van der Waals surface area contributed by atoms with Crippen LogP contribution >= 0.6 is 23.2 Å². The lowest BCUT2D eigenvalue weighted by Gasteiger charge is -2.03. The predicted octanol–water partition coefficient (Wildman–Crippen LogP) is 2.96. The van der Waals surface area contributed by atoms with Gasteiger partial charge in [0, 0.05) is 6.07 Å². The fraction of sp³-hybridized carbons (Fsp3) is 0.143. The Balaban J connectivity index is 3.49. The molecule has 0 saturated heterocycles. The van der Waals surface area contributed by atoms with E-state index in [0.29, 0.717) is 6.07 Å². The zero-order valence-corrected chi connectivity index (χ0v) is 8.80. The Labute approximate surface area is 97.1 Å². The van der Waals surface area contributed by atoms with E-state index >= 15 is 0 Å². The highest BCUT2D eigenvalue weighted by Gasteiger charge is 2.27. The average molecular weight is 271 g/mol. The lowest BCUT2D eigenvalue weighted by molar-refractivity contribution is -0.386. The van der Waals surface area contributed by atoms with Crippen molar-refractivity contribution in [1.29, 1.82) is 0 Å². The standard InChI is InChI=1S/C7H2Cl2F2N2O3/c8-2-1-3(13(15)16)5(7(10)11)12-4(2)6(9)14/h1,7H. The molecule has 0 aliphatic heterocycles. The molecule has 9 heteroatoms. The quantitative estimate of drug-likeness (QED) is 0.481. The summed E-state index contributed by atoms with van der Waals surface area (Å²) >= 11 is 10.4. The molecule has 0 radical (unpaired) electrons. The summed E-state index contributed by atoms with van der Waals surface area (Å²) < 4.78 is 24.8. The molecule has 0 saturated carbocycles. The number of carbonyl (C=O) groups is 1. The zero-order valence-electron chi connectivity index (χ0n) is 7.29. The van der Waals surface area contributed by atoms with E-state index < -0.39 is 38.7 Å². The summed E-state index contributed by atoms with van der Waals surface area (Å²) in [6, 6.07) is 0.617. The first-order valence-corrected chi connectivity index (χ1v) is 4.43. The van der Waals surface area contributed by atoms with Gasteiger partial charge in [-0.05, 0) is 11.6 Å². The predicted molar refractivity (Wildman–Crippen MR) is 51.0 cm³/mol. The number of hydrogen-bond acceptors (Lipinski definition) is 4. The Morgan fingerprint density at radius 2 is 2.12 bits per heavy atom. The van der Waals surface area contributed by atoms with Crippen molar-refractivity contribution < 1.29 is 18.5 Å². The van der Waals surface area contributed by atoms with Gasteiger partial charge >= 0.3 is 0 Å². The van der Waals surface area contributed by atoms with Crippen LogP contribution in [0.3, 0.4) is 0 Å². The Morgan fingerprint density at radius 3 is 2.50 bits per heavy atom. The van der Waals surface area contributed by atoms with Crippen LogP contribution in [0.25, 0.3) is 0 Å². The average Bonchev–Trinajstić information content (AvgIpc) is 2.15. The number of alkyl halides is 2. The molecule has 0 N–H and O–H groups in total. The number of pyridine rings is 1. The van der Waals surface area contributed by atoms with E-state index in [9.17, 15) is 23.7 Å². The molecule has 1 heterocycles. The van der Waals surface area contributed by atoms with Gasteiger partial charge in [-0.2, -0.15) is 0 Å². The van der Waals surface area contributed by atoms with Crippen LogP contribution in [0.5, 0.6) is 0 Å². The normalized spacial score (nSPS) is 10.6. The summed E-state index contributed by atoms with van der Waals surface area (Å²) in [7, 11) is 0. The zero-order chi connectivity index (χ0) is 12.5. The highest BCUT2D eigenvalue weighted by atomic mass is 35.5. The molecule has 5 nitrogen and oxygen atoms in total. The molecule has 0 unspecified atom stereocenters. The fourth-order valence-corrected chi connectivity index (χ4v) is 1.36. The van der Waals surface area contributed by atoms with Gasteiger partial charge in [-0.3, -0.25) is 14.9 Å². The van der Waals surface area contributed by atoms with Gasteiger partial charge in [0.25, 0.3) is 17.4 Å². The summed E-state index contributed by atoms with van der Waals surface area (Å²) in [6.07, 6.45) is -3.20. The first-order valence-electron chi connectivity index (χ1n) is 3.67. The van der Waals surface area contributed by atoms with E-state index in [1.165, 1.54) is 0 Å². The third-order valence-corrected chi connectivity index (χ3v) is 2.04. The van der Waals surface area contributed by atoms with Crippen LogP contribution in [0.15, 0.2) is 6.07 Å². The molecule has 0 aliphatic carbocycles. The van der Waals surface area contributed by atoms with Crippen LogP contribution in [0.4, 0.5) is 14.5 Å². The van der Waals surface area contributed by atoms with E-state index in [1.807, 2.05) is 0 Å². The van der Waals surface area contributed by atoms with Crippen LogP contribution in [-0.2, 0) is 0 Å². The smallest absolute Gasteiger partial charge is 0.274 e. The van der Waals surface area contributed by atoms with Gasteiger partial charge in [-0.1, -0.05) is 11.6 Å². The molecule has 1 aromatic rings. The lowest BCUT2D eigenvalue weighted by atomic mass is 10.2. The minimum absolute atomic E-state index is 0.448. The molecule has 0 aliphatic rings. The second kappa shape index (κ2) is 4.67. The monoisotopic (exact) mass is 270 g/mol. The van der Waals surface area contributed by atoms with E-state index in [0.717, 1.165) is 0 Å². The molecule has 0 fully saturated rings. The molecule has 0 bridgehead atoms. The Kier molecular flexibility index (Phi) is 3.71. The van der Waals surface area contributed by atoms with Crippen LogP contribution < -0.4 is 0 Å². The number of nitro groups is 1. The van der Waals surface area contributed by atoms with Gasteiger partial charge < -0.3 is 0 Å². The maximum Gasteiger partial charge on any atom is 0.298 e. The molecule has 1 rings (SSSR count). The van der Waals surface area contributed by atoms with E-state index in [1.54, 1.807) is 0 Å². The van der Waals surface area contributed by atoms with Gasteiger partial charge in [0.2, 0.25) is 0 Å². The Hall–Kier alpha value is -1.34. The first kappa shape index (κ1) is 12.7. The number of hydrogen-bond donors (Lipinski definition) is 0. The summed E-state index contributed by atoms with van der Waals surface area (Å²) in [6.45, 7) is 0. The van der Waals surface area contributed by atoms with Crippen LogP contribution in [0, 0.1) is 10.1 Å². The second-order valence-electron chi connectivity index (χ2n) is 2.55. The lowest BCUT2D eigenvalue weighted by Crippen LogP contribution is -2.05. The second-order valence-corrected chi connectivity index (χ2v) is 3.31. The highest BCUT2D eigenvalue weighted by Crippen LogP contribution is 2.31. The Morgan fingerprint density at radius 1 is 1.56 bits per heavy atom. The molecule has 0 aromatic carbocycles. The van der Waals surface area contributed by atoms with Crippen molar-refractivity contribution >= 4 is 34.1 Å². The van der Waals surface area contributed by atoms with Crippen LogP contribution in [-0.4, -0.2) is 15.1 Å². The number of halogens is 4. The van der Waals surface area contributed by atoms with Gasteiger partial charge in [-0.25, -0.2) is 13.8 Å². The number of rotatable bonds is 3. The largest absolute Gasteiger partial charge is 0.298 e. The number of nitrogens with zero attached hydrogens (tertiary/aromatic N) is 2. The number of aromatic nitrogens is 1. The third kappa shape index (κ3) is 2.42. The van der Waals surface area contributed by atoms with Crippen molar-refractivity contribution in [2.45, 2.75) is 6.43 Å². The van der Waals surface area contributed by atoms with Gasteiger partial charge in [-0.15, -0.1) is 0 Å². The SMILES string of the molecule is O=C(Cl)c1nc(C(F)F)c([N+](=O)[O-])cc1Cl. The highest BCUT2D eigenvalue weighted by molar-refractivity contribution is 6.68. The van der Waals surface area contributed by atoms with Crippen molar-refractivity contribution in [3.63, 3.8) is 0 Å². The van der Waals surface area contributed by atoms with Gasteiger partial charge in [0.15, 0.2) is 5.69 Å².